The third kappa shape index (κ3) is 5.31. The van der Waals surface area contributed by atoms with Crippen LogP contribution in [-0.2, 0) is 16.1 Å². The minimum absolute atomic E-state index is 0.00735. The van der Waals surface area contributed by atoms with Crippen molar-refractivity contribution in [1.29, 1.82) is 0 Å². The second-order valence-corrected chi connectivity index (χ2v) is 7.80. The number of aliphatic imine (C=N–C) groups is 1. The highest BCUT2D eigenvalue weighted by molar-refractivity contribution is 6.32. The van der Waals surface area contributed by atoms with Crippen LogP contribution in [0.3, 0.4) is 0 Å². The van der Waals surface area contributed by atoms with Crippen molar-refractivity contribution in [3.8, 4) is 11.5 Å². The van der Waals surface area contributed by atoms with Gasteiger partial charge >= 0.3 is 5.97 Å². The molecular formula is C24H16ClN3O8. The van der Waals surface area contributed by atoms with Gasteiger partial charge in [-0.05, 0) is 41.5 Å². The van der Waals surface area contributed by atoms with Crippen LogP contribution in [0.25, 0.3) is 6.08 Å². The number of nitro benzene ring substituents is 2. The van der Waals surface area contributed by atoms with Crippen LogP contribution >= 0.6 is 11.6 Å². The summed E-state index contributed by atoms with van der Waals surface area (Å²) in [7, 11) is 1.41. The molecule has 0 radical (unpaired) electrons. The zero-order valence-electron chi connectivity index (χ0n) is 18.5. The second kappa shape index (κ2) is 10.2. The molecule has 1 aliphatic rings. The van der Waals surface area contributed by atoms with Crippen LogP contribution in [0.1, 0.15) is 16.7 Å². The van der Waals surface area contributed by atoms with Crippen LogP contribution in [0.15, 0.2) is 71.4 Å². The average Bonchev–Trinajstić information content (AvgIpc) is 3.23. The van der Waals surface area contributed by atoms with Gasteiger partial charge in [0.05, 0.1) is 22.0 Å². The van der Waals surface area contributed by atoms with Gasteiger partial charge in [0.1, 0.15) is 6.61 Å². The van der Waals surface area contributed by atoms with Crippen molar-refractivity contribution in [2.75, 3.05) is 7.11 Å². The number of hydrogen-bond acceptors (Lipinski definition) is 9. The zero-order valence-corrected chi connectivity index (χ0v) is 19.3. The molecule has 0 amide bonds. The van der Waals surface area contributed by atoms with E-state index in [1.165, 1.54) is 55.7 Å². The summed E-state index contributed by atoms with van der Waals surface area (Å²) in [6, 6.07) is 14.5. The van der Waals surface area contributed by atoms with Gasteiger partial charge in [0.25, 0.3) is 11.4 Å². The van der Waals surface area contributed by atoms with Crippen molar-refractivity contribution in [2.45, 2.75) is 6.61 Å². The smallest absolute Gasteiger partial charge is 0.363 e. The minimum atomic E-state index is -0.704. The molecule has 0 N–H and O–H groups in total. The van der Waals surface area contributed by atoms with Crippen molar-refractivity contribution < 1.29 is 28.9 Å². The number of ether oxygens (including phenoxy) is 3. The molecule has 0 bridgehead atoms. The van der Waals surface area contributed by atoms with E-state index in [0.717, 1.165) is 0 Å². The Bertz CT molecular complexity index is 1430. The molecule has 182 valence electrons. The minimum Gasteiger partial charge on any atom is -0.493 e. The van der Waals surface area contributed by atoms with Gasteiger partial charge in [-0.3, -0.25) is 20.2 Å². The number of hydrogen-bond donors (Lipinski definition) is 0. The van der Waals surface area contributed by atoms with E-state index in [0.29, 0.717) is 16.7 Å². The number of nitro groups is 2. The number of benzene rings is 3. The van der Waals surface area contributed by atoms with E-state index in [9.17, 15) is 25.0 Å². The summed E-state index contributed by atoms with van der Waals surface area (Å²) < 4.78 is 16.3. The number of esters is 1. The van der Waals surface area contributed by atoms with Crippen LogP contribution in [-0.4, -0.2) is 28.8 Å². The zero-order chi connectivity index (χ0) is 25.8. The number of carbonyl (C=O) groups excluding carboxylic acids is 1. The number of rotatable bonds is 8. The molecule has 0 aliphatic carbocycles. The van der Waals surface area contributed by atoms with E-state index in [1.54, 1.807) is 18.2 Å². The molecule has 0 fully saturated rings. The van der Waals surface area contributed by atoms with Crippen molar-refractivity contribution in [2.24, 2.45) is 4.99 Å². The molecule has 1 heterocycles. The summed E-state index contributed by atoms with van der Waals surface area (Å²) in [5, 5.41) is 22.0. The molecule has 3 aromatic rings. The Labute approximate surface area is 208 Å². The Balaban J connectivity index is 1.56. The molecule has 0 saturated heterocycles. The molecule has 4 rings (SSSR count). The number of methoxy groups -OCH3 is 1. The van der Waals surface area contributed by atoms with Gasteiger partial charge in [-0.1, -0.05) is 23.7 Å². The molecule has 0 aromatic heterocycles. The molecule has 36 heavy (non-hydrogen) atoms. The van der Waals surface area contributed by atoms with Crippen LogP contribution in [0, 0.1) is 20.2 Å². The van der Waals surface area contributed by atoms with E-state index >= 15 is 0 Å². The first kappa shape index (κ1) is 24.4. The first-order valence-electron chi connectivity index (χ1n) is 10.3. The maximum Gasteiger partial charge on any atom is 0.363 e. The summed E-state index contributed by atoms with van der Waals surface area (Å²) >= 11 is 6.40. The number of non-ortho nitro benzene ring substituents is 2. The van der Waals surface area contributed by atoms with Crippen molar-refractivity contribution in [3.05, 3.63) is 108 Å². The Hall–Kier alpha value is -4.77. The van der Waals surface area contributed by atoms with Crippen molar-refractivity contribution in [3.63, 3.8) is 0 Å². The fourth-order valence-electron chi connectivity index (χ4n) is 3.29. The van der Waals surface area contributed by atoms with Gasteiger partial charge in [0.15, 0.2) is 17.2 Å². The van der Waals surface area contributed by atoms with E-state index in [1.807, 2.05) is 0 Å². The number of nitrogens with zero attached hydrogens (tertiary/aromatic N) is 3. The lowest BCUT2D eigenvalue weighted by molar-refractivity contribution is -0.385. The van der Waals surface area contributed by atoms with Crippen LogP contribution < -0.4 is 9.47 Å². The summed E-state index contributed by atoms with van der Waals surface area (Å²) in [6.07, 6.45) is 1.44. The molecule has 0 spiro atoms. The number of halogens is 1. The third-order valence-electron chi connectivity index (χ3n) is 5.01. The fraction of sp³-hybridized carbons (Fsp3) is 0.0833. The topological polar surface area (TPSA) is 143 Å². The summed E-state index contributed by atoms with van der Waals surface area (Å²) in [6.45, 7) is 0.00735. The van der Waals surface area contributed by atoms with Gasteiger partial charge in [0.2, 0.25) is 5.90 Å². The lowest BCUT2D eigenvalue weighted by Gasteiger charge is -2.13. The first-order chi connectivity index (χ1) is 17.2. The van der Waals surface area contributed by atoms with E-state index in [4.69, 9.17) is 25.8 Å². The maximum atomic E-state index is 12.3. The van der Waals surface area contributed by atoms with E-state index < -0.39 is 15.8 Å². The van der Waals surface area contributed by atoms with Crippen LogP contribution in [0.4, 0.5) is 11.4 Å². The van der Waals surface area contributed by atoms with Crippen molar-refractivity contribution >= 4 is 40.9 Å². The fourth-order valence-corrected chi connectivity index (χ4v) is 3.57. The standard InChI is InChI=1S/C24H16ClN3O8/c1-34-21-12-15(10-19(25)22(21)35-13-14-3-2-4-18(9-14)28(32)33)11-20-24(29)36-23(26-20)16-5-7-17(8-6-16)27(30)31/h2-12H,13H2,1H3/b20-11-. The summed E-state index contributed by atoms with van der Waals surface area (Å²) in [4.78, 5) is 37.3. The predicted molar refractivity (Wildman–Crippen MR) is 129 cm³/mol. The Morgan fingerprint density at radius 3 is 2.42 bits per heavy atom. The lowest BCUT2D eigenvalue weighted by Crippen LogP contribution is -2.05. The molecule has 0 saturated carbocycles. The highest BCUT2D eigenvalue weighted by atomic mass is 35.5. The number of carbonyl (C=O) groups is 1. The summed E-state index contributed by atoms with van der Waals surface area (Å²) in [5.41, 5.74) is 1.27. The maximum absolute atomic E-state index is 12.3. The Morgan fingerprint density at radius 1 is 1.03 bits per heavy atom. The highest BCUT2D eigenvalue weighted by Crippen LogP contribution is 2.38. The van der Waals surface area contributed by atoms with Gasteiger partial charge in [0, 0.05) is 29.8 Å². The normalized spacial score (nSPS) is 13.8. The lowest BCUT2D eigenvalue weighted by atomic mass is 10.1. The molecule has 11 nitrogen and oxygen atoms in total. The first-order valence-corrected chi connectivity index (χ1v) is 10.6. The quantitative estimate of drug-likeness (QED) is 0.177. The Kier molecular flexibility index (Phi) is 6.93. The van der Waals surface area contributed by atoms with Gasteiger partial charge in [-0.25, -0.2) is 9.79 Å². The molecule has 3 aromatic carbocycles. The SMILES string of the molecule is COc1cc(/C=C2\N=C(c3ccc([N+](=O)[O-])cc3)OC2=O)cc(Cl)c1OCc1cccc([N+](=O)[O-])c1. The highest BCUT2D eigenvalue weighted by Gasteiger charge is 2.25. The van der Waals surface area contributed by atoms with Crippen LogP contribution in [0.5, 0.6) is 11.5 Å². The molecule has 1 aliphatic heterocycles. The molecular weight excluding hydrogens is 494 g/mol. The second-order valence-electron chi connectivity index (χ2n) is 7.39. The third-order valence-corrected chi connectivity index (χ3v) is 5.29. The van der Waals surface area contributed by atoms with E-state index in [2.05, 4.69) is 4.99 Å². The monoisotopic (exact) mass is 509 g/mol. The van der Waals surface area contributed by atoms with Crippen molar-refractivity contribution in [1.82, 2.24) is 0 Å². The molecule has 0 atom stereocenters. The van der Waals surface area contributed by atoms with Gasteiger partial charge < -0.3 is 14.2 Å². The Morgan fingerprint density at radius 2 is 1.75 bits per heavy atom. The molecule has 12 heteroatoms. The average molecular weight is 510 g/mol. The predicted octanol–water partition coefficient (Wildman–Crippen LogP) is 5.09. The largest absolute Gasteiger partial charge is 0.493 e. The van der Waals surface area contributed by atoms with Gasteiger partial charge in [-0.15, -0.1) is 0 Å². The number of cyclic esters (lactones) is 1. The summed E-state index contributed by atoms with van der Waals surface area (Å²) in [5.74, 6) is -0.205. The van der Waals surface area contributed by atoms with Crippen LogP contribution in [0.2, 0.25) is 5.02 Å². The van der Waals surface area contributed by atoms with Gasteiger partial charge in [-0.2, -0.15) is 0 Å². The molecule has 0 unspecified atom stereocenters. The van der Waals surface area contributed by atoms with E-state index in [-0.39, 0.29) is 46.1 Å².